The van der Waals surface area contributed by atoms with Crippen LogP contribution in [0.2, 0.25) is 0 Å². The predicted molar refractivity (Wildman–Crippen MR) is 189 cm³/mol. The average Bonchev–Trinajstić information content (AvgIpc) is 3.67. The summed E-state index contributed by atoms with van der Waals surface area (Å²) in [6.07, 6.45) is 4.90. The molecular weight excluding hydrogens is 660 g/mol. The zero-order chi connectivity index (χ0) is 34.5. The fraction of sp³-hybridized carbons (Fsp3) is 0.371. The number of nitrogens with one attached hydrogen (secondary N) is 2. The van der Waals surface area contributed by atoms with Crippen LogP contribution in [0.4, 0.5) is 5.69 Å². The highest BCUT2D eigenvalue weighted by atomic mass is 35.5. The highest BCUT2D eigenvalue weighted by Crippen LogP contribution is 2.32. The Hall–Kier alpha value is -5.05. The minimum Gasteiger partial charge on any atom is -0.353 e. The van der Waals surface area contributed by atoms with E-state index in [0.717, 1.165) is 35.1 Å². The van der Waals surface area contributed by atoms with Crippen LogP contribution in [-0.4, -0.2) is 86.4 Å². The lowest BCUT2D eigenvalue weighted by atomic mass is 9.81. The van der Waals surface area contributed by atoms with Gasteiger partial charge in [0.2, 0.25) is 17.6 Å². The molecule has 0 bridgehead atoms. The molecule has 1 atom stereocenters. The van der Waals surface area contributed by atoms with Crippen molar-refractivity contribution < 1.29 is 19.2 Å². The van der Waals surface area contributed by atoms with E-state index in [1.165, 1.54) is 9.80 Å². The van der Waals surface area contributed by atoms with Crippen molar-refractivity contribution in [1.29, 1.82) is 0 Å². The van der Waals surface area contributed by atoms with Crippen molar-refractivity contribution in [2.75, 3.05) is 31.1 Å². The number of imide groups is 1. The van der Waals surface area contributed by atoms with E-state index in [9.17, 15) is 19.2 Å². The van der Waals surface area contributed by atoms with Crippen LogP contribution >= 0.6 is 12.4 Å². The highest BCUT2D eigenvalue weighted by molar-refractivity contribution is 6.17. The summed E-state index contributed by atoms with van der Waals surface area (Å²) in [5.74, 6) is -0.711. The SMILES string of the molecule is Cc1cc(C(=O)N2CCNC(=O)C2)ncc1-c1ccc(C[C@H](N)C(=O)N(C(=O)C2CCC(CN)CC2)c2ccc(-c3nn[nH]n3)cc2)cc1.Cl. The van der Waals surface area contributed by atoms with E-state index < -0.39 is 11.9 Å². The first kappa shape index (κ1) is 36.2. The first-order valence-electron chi connectivity index (χ1n) is 16.5. The molecule has 6 N–H and O–H groups in total. The molecule has 0 unspecified atom stereocenters. The number of carbonyl (C=O) groups excluding carboxylic acids is 4. The monoisotopic (exact) mass is 700 g/mol. The molecular formula is C35H41ClN10O4. The van der Waals surface area contributed by atoms with Crippen LogP contribution < -0.4 is 21.7 Å². The number of aryl methyl sites for hydroxylation is 1. The summed E-state index contributed by atoms with van der Waals surface area (Å²) in [4.78, 5) is 59.7. The summed E-state index contributed by atoms with van der Waals surface area (Å²) in [6.45, 7) is 3.37. The smallest absolute Gasteiger partial charge is 0.272 e. The van der Waals surface area contributed by atoms with Gasteiger partial charge in [0.25, 0.3) is 11.8 Å². The van der Waals surface area contributed by atoms with Crippen LogP contribution in [-0.2, 0) is 20.8 Å². The van der Waals surface area contributed by atoms with E-state index >= 15 is 0 Å². The van der Waals surface area contributed by atoms with Crippen LogP contribution in [0.25, 0.3) is 22.5 Å². The molecule has 2 fully saturated rings. The Morgan fingerprint density at radius 3 is 2.34 bits per heavy atom. The maximum absolute atomic E-state index is 14.0. The van der Waals surface area contributed by atoms with Gasteiger partial charge in [0, 0.05) is 36.3 Å². The second kappa shape index (κ2) is 16.1. The molecule has 2 aliphatic rings. The van der Waals surface area contributed by atoms with Crippen molar-refractivity contribution in [2.45, 2.75) is 45.1 Å². The van der Waals surface area contributed by atoms with Crippen LogP contribution in [0, 0.1) is 18.8 Å². The number of piperazine rings is 1. The Kier molecular flexibility index (Phi) is 11.7. The van der Waals surface area contributed by atoms with Crippen molar-refractivity contribution in [3.05, 3.63) is 77.6 Å². The van der Waals surface area contributed by atoms with Gasteiger partial charge in [-0.05, 0) is 104 Å². The number of amides is 4. The zero-order valence-corrected chi connectivity index (χ0v) is 28.6. The number of H-pyrrole nitrogens is 1. The quantitative estimate of drug-likeness (QED) is 0.201. The van der Waals surface area contributed by atoms with Crippen molar-refractivity contribution in [3.63, 3.8) is 0 Å². The lowest BCUT2D eigenvalue weighted by molar-refractivity contribution is -0.130. The summed E-state index contributed by atoms with van der Waals surface area (Å²) in [6, 6.07) is 15.3. The molecule has 1 saturated heterocycles. The number of hydrogen-bond donors (Lipinski definition) is 4. The molecule has 2 aromatic heterocycles. The van der Waals surface area contributed by atoms with Gasteiger partial charge in [0.15, 0.2) is 0 Å². The number of benzene rings is 2. The molecule has 262 valence electrons. The normalized spacial score (nSPS) is 18.1. The fourth-order valence-electron chi connectivity index (χ4n) is 6.51. The van der Waals surface area contributed by atoms with Crippen molar-refractivity contribution in [2.24, 2.45) is 23.3 Å². The summed E-state index contributed by atoms with van der Waals surface area (Å²) < 4.78 is 0. The third kappa shape index (κ3) is 8.04. The van der Waals surface area contributed by atoms with E-state index in [1.54, 1.807) is 36.5 Å². The number of pyridine rings is 1. The number of aromatic amines is 1. The Balaban J connectivity index is 0.00000486. The summed E-state index contributed by atoms with van der Waals surface area (Å²) in [5, 5.41) is 16.7. The molecule has 1 aliphatic carbocycles. The molecule has 50 heavy (non-hydrogen) atoms. The summed E-state index contributed by atoms with van der Waals surface area (Å²) in [7, 11) is 0. The Morgan fingerprint density at radius 1 is 1.02 bits per heavy atom. The molecule has 0 radical (unpaired) electrons. The van der Waals surface area contributed by atoms with Gasteiger partial charge in [-0.25, -0.2) is 4.90 Å². The number of tetrazole rings is 1. The van der Waals surface area contributed by atoms with E-state index in [1.807, 2.05) is 31.2 Å². The minimum absolute atomic E-state index is 0. The number of anilines is 1. The molecule has 1 aliphatic heterocycles. The number of nitrogens with zero attached hydrogens (tertiary/aromatic N) is 6. The zero-order valence-electron chi connectivity index (χ0n) is 27.7. The van der Waals surface area contributed by atoms with E-state index in [0.29, 0.717) is 55.5 Å². The number of nitrogens with two attached hydrogens (primary N) is 2. The molecule has 14 nitrogen and oxygen atoms in total. The molecule has 4 aromatic rings. The van der Waals surface area contributed by atoms with Crippen molar-refractivity contribution in [1.82, 2.24) is 35.8 Å². The molecule has 15 heteroatoms. The predicted octanol–water partition coefficient (Wildman–Crippen LogP) is 2.43. The molecule has 4 amide bonds. The summed E-state index contributed by atoms with van der Waals surface area (Å²) >= 11 is 0. The van der Waals surface area contributed by atoms with E-state index in [4.69, 9.17) is 11.5 Å². The standard InChI is InChI=1S/C35H40N10O4.ClH/c1-21-16-30(35(49)44-15-14-38-31(46)20-44)39-19-28(21)24-6-2-22(3-7-24)17-29(37)34(48)45(33(47)26-8-4-23(18-36)5-9-26)27-12-10-25(11-13-27)32-40-42-43-41-32;/h2-3,6-7,10-13,16,19,23,26,29H,4-5,8-9,14-15,17-18,20,36-37H2,1H3,(H,38,46)(H,40,41,42,43);1H/t23?,26?,29-;/m0./s1. The number of aromatic nitrogens is 5. The Morgan fingerprint density at radius 2 is 1.72 bits per heavy atom. The van der Waals surface area contributed by atoms with Gasteiger partial charge in [0.05, 0.1) is 18.3 Å². The molecule has 6 rings (SSSR count). The van der Waals surface area contributed by atoms with E-state index in [2.05, 4.69) is 30.9 Å². The van der Waals surface area contributed by atoms with Gasteiger partial charge in [-0.15, -0.1) is 22.6 Å². The van der Waals surface area contributed by atoms with E-state index in [-0.39, 0.29) is 54.7 Å². The minimum atomic E-state index is -0.974. The third-order valence-corrected chi connectivity index (χ3v) is 9.39. The third-order valence-electron chi connectivity index (χ3n) is 9.39. The van der Waals surface area contributed by atoms with Crippen LogP contribution in [0.3, 0.4) is 0 Å². The molecule has 0 spiro atoms. The summed E-state index contributed by atoms with van der Waals surface area (Å²) in [5.41, 5.74) is 17.2. The maximum Gasteiger partial charge on any atom is 0.272 e. The van der Waals surface area contributed by atoms with Crippen LogP contribution in [0.1, 0.15) is 47.3 Å². The number of hydrogen-bond acceptors (Lipinski definition) is 10. The molecule has 3 heterocycles. The fourth-order valence-corrected chi connectivity index (χ4v) is 6.51. The lowest BCUT2D eigenvalue weighted by Gasteiger charge is -2.32. The lowest BCUT2D eigenvalue weighted by Crippen LogP contribution is -2.50. The number of rotatable bonds is 9. The first-order chi connectivity index (χ1) is 23.7. The Bertz CT molecular complexity index is 1810. The van der Waals surface area contributed by atoms with Gasteiger partial charge in [0.1, 0.15) is 5.69 Å². The largest absolute Gasteiger partial charge is 0.353 e. The van der Waals surface area contributed by atoms with Crippen molar-refractivity contribution >= 4 is 41.7 Å². The van der Waals surface area contributed by atoms with Crippen LogP contribution in [0.5, 0.6) is 0 Å². The molecule has 1 saturated carbocycles. The number of carbonyl (C=O) groups is 4. The second-order valence-electron chi connectivity index (χ2n) is 12.7. The van der Waals surface area contributed by atoms with Crippen LogP contribution in [0.15, 0.2) is 60.8 Å². The van der Waals surface area contributed by atoms with Gasteiger partial charge < -0.3 is 21.7 Å². The highest BCUT2D eigenvalue weighted by Gasteiger charge is 2.35. The van der Waals surface area contributed by atoms with Gasteiger partial charge in [-0.3, -0.25) is 24.2 Å². The van der Waals surface area contributed by atoms with Gasteiger partial charge in [-0.2, -0.15) is 5.21 Å². The van der Waals surface area contributed by atoms with Gasteiger partial charge >= 0.3 is 0 Å². The maximum atomic E-state index is 14.0. The molecule has 2 aromatic carbocycles. The second-order valence-corrected chi connectivity index (χ2v) is 12.7. The number of halogens is 1. The first-order valence-corrected chi connectivity index (χ1v) is 16.5. The topological polar surface area (TPSA) is 206 Å². The van der Waals surface area contributed by atoms with Gasteiger partial charge in [-0.1, -0.05) is 24.3 Å². The average molecular weight is 701 g/mol. The Labute approximate surface area is 295 Å². The van der Waals surface area contributed by atoms with Crippen molar-refractivity contribution in [3.8, 4) is 22.5 Å².